The quantitative estimate of drug-likeness (QED) is 0.125. The van der Waals surface area contributed by atoms with Gasteiger partial charge >= 0.3 is 0 Å². The molecule has 10 fully saturated rings. The molecule has 0 aromatic carbocycles. The summed E-state index contributed by atoms with van der Waals surface area (Å²) < 4.78 is 0. The van der Waals surface area contributed by atoms with E-state index in [1.807, 2.05) is 0 Å². The maximum atomic E-state index is 12.5. The highest BCUT2D eigenvalue weighted by molar-refractivity contribution is 5.83. The Morgan fingerprint density at radius 1 is 0.261 bits per heavy atom. The zero-order valence-corrected chi connectivity index (χ0v) is 57.6. The molecule has 0 saturated heterocycles. The van der Waals surface area contributed by atoms with Crippen molar-refractivity contribution in [1.29, 1.82) is 0 Å². The lowest BCUT2D eigenvalue weighted by atomic mass is 9.69. The largest absolute Gasteiger partial charge is 0.299 e. The molecule has 1 heteroatoms. The number of ketones is 1. The van der Waals surface area contributed by atoms with E-state index in [-0.39, 0.29) is 21.7 Å². The Kier molecular flexibility index (Phi) is 37.7. The van der Waals surface area contributed by atoms with E-state index in [1.54, 1.807) is 0 Å². The first-order valence-corrected chi connectivity index (χ1v) is 38.4. The normalized spacial score (nSPS) is 37.9. The van der Waals surface area contributed by atoms with Gasteiger partial charge in [-0.1, -0.05) is 99.3 Å². The van der Waals surface area contributed by atoms with Crippen LogP contribution < -0.4 is 0 Å². The highest BCUT2D eigenvalue weighted by atomic mass is 16.1. The third kappa shape index (κ3) is 26.6. The standard InChI is InChI=1S/2C18H30.C17H26O.C17H28.C16H26.CH4.10H2/c1-3-15-5-9-17(10-6-15)13-14-18-11-7-16(4-2)8-12-18;1-3-5-15-7-11-17(12-8-15)18-13-9-16(6-4-2)10-14-18;1-3-13-5-9-15(10-6-13)17(18)16-11-7-14(4-2)8-12-16;1-3-5-15-8-12-17(13-9-15)16-10-6-14(4-2)7-11-16;1-3-13-5-9-15(10-6-13)16-11-7-14(4-2)8-12-16;;;;;;;;;;;/h3-4,15-18H,1-2,5-14H2;3-6,15-18H,7-14H2,1-2H3;3-4,13-16H,1-2,5-12H2;3-5,14-17H,2,6-13H2,1H3;3-4,13-16H,1-2,5-12H2;1H4;10*1H/b;5-3+,6-4+;;5-3+;;;;;;;;;;;;. The summed E-state index contributed by atoms with van der Waals surface area (Å²) in [4.78, 5) is 12.5. The van der Waals surface area contributed by atoms with Crippen LogP contribution in [0.5, 0.6) is 0 Å². The summed E-state index contributed by atoms with van der Waals surface area (Å²) in [7, 11) is 0. The van der Waals surface area contributed by atoms with Gasteiger partial charge in [0, 0.05) is 26.1 Å². The second-order valence-corrected chi connectivity index (χ2v) is 31.0. The van der Waals surface area contributed by atoms with Crippen LogP contribution in [0.1, 0.15) is 312 Å². The topological polar surface area (TPSA) is 17.1 Å². The Labute approximate surface area is 563 Å². The second kappa shape index (κ2) is 43.8. The van der Waals surface area contributed by atoms with Crippen LogP contribution in [0.25, 0.3) is 0 Å². The van der Waals surface area contributed by atoms with Gasteiger partial charge in [-0.15, -0.1) is 46.1 Å². The van der Waals surface area contributed by atoms with Crippen LogP contribution in [0.2, 0.25) is 0 Å². The Morgan fingerprint density at radius 2 is 0.420 bits per heavy atom. The van der Waals surface area contributed by atoms with Gasteiger partial charge in [-0.2, -0.15) is 0 Å². The lowest BCUT2D eigenvalue weighted by molar-refractivity contribution is -0.129. The summed E-state index contributed by atoms with van der Waals surface area (Å²) in [6, 6.07) is 0. The molecule has 0 aromatic rings. The maximum absolute atomic E-state index is 12.5. The molecule has 10 aliphatic carbocycles. The lowest BCUT2D eigenvalue weighted by Crippen LogP contribution is -2.29. The molecule has 10 aliphatic rings. The minimum absolute atomic E-state index is 0. The fourth-order valence-corrected chi connectivity index (χ4v) is 19.3. The highest BCUT2D eigenvalue weighted by Gasteiger charge is 2.35. The molecule has 0 aliphatic heterocycles. The van der Waals surface area contributed by atoms with Crippen molar-refractivity contribution in [1.82, 2.24) is 0 Å². The maximum Gasteiger partial charge on any atom is 0.139 e. The Balaban J connectivity index is -0.000000263. The molecular formula is C87H164O. The number of allylic oxidation sites excluding steroid dienone is 13. The van der Waals surface area contributed by atoms with Crippen molar-refractivity contribution < 1.29 is 19.1 Å². The van der Waals surface area contributed by atoms with Gasteiger partial charge in [0.1, 0.15) is 5.78 Å². The summed E-state index contributed by atoms with van der Waals surface area (Å²) in [5.74, 6) is 17.7. The van der Waals surface area contributed by atoms with Crippen LogP contribution in [-0.2, 0) is 4.79 Å². The molecule has 1 nitrogen and oxygen atoms in total. The summed E-state index contributed by atoms with van der Waals surface area (Å²) in [5, 5.41) is 0. The molecule has 0 N–H and O–H groups in total. The zero-order chi connectivity index (χ0) is 62.0. The van der Waals surface area contributed by atoms with E-state index in [0.717, 1.165) is 120 Å². The fourth-order valence-electron chi connectivity index (χ4n) is 19.3. The number of carbonyl (C=O) groups is 1. The van der Waals surface area contributed by atoms with Crippen molar-refractivity contribution in [3.63, 3.8) is 0 Å². The number of hydrogen-bond acceptors (Lipinski definition) is 1. The zero-order valence-electron chi connectivity index (χ0n) is 57.6. The first-order valence-electron chi connectivity index (χ1n) is 38.4. The molecule has 518 valence electrons. The average Bonchev–Trinajstić information content (AvgIpc) is 0.891. The molecule has 10 rings (SSSR count). The van der Waals surface area contributed by atoms with Crippen molar-refractivity contribution in [2.45, 2.75) is 298 Å². The van der Waals surface area contributed by atoms with Gasteiger partial charge in [0.25, 0.3) is 0 Å². The molecular weight excluding hydrogens is 1060 g/mol. The van der Waals surface area contributed by atoms with Crippen molar-refractivity contribution in [3.05, 3.63) is 125 Å². The monoisotopic (exact) mass is 1230 g/mol. The third-order valence-corrected chi connectivity index (χ3v) is 25.7. The lowest BCUT2D eigenvalue weighted by Gasteiger charge is -2.36. The molecule has 0 amide bonds. The van der Waals surface area contributed by atoms with Crippen LogP contribution in [0, 0.1) is 118 Å². The number of Topliss-reactive ketones (excluding diaryl/α,β-unsaturated/α-hetero) is 1. The van der Waals surface area contributed by atoms with Crippen LogP contribution in [-0.4, -0.2) is 5.78 Å². The summed E-state index contributed by atoms with van der Waals surface area (Å²) >= 11 is 0. The van der Waals surface area contributed by atoms with E-state index in [0.29, 0.717) is 29.5 Å². The van der Waals surface area contributed by atoms with Crippen molar-refractivity contribution in [3.8, 4) is 0 Å². The summed E-state index contributed by atoms with van der Waals surface area (Å²) in [5.41, 5.74) is 0. The Bertz CT molecular complexity index is 1900. The van der Waals surface area contributed by atoms with Crippen molar-refractivity contribution in [2.24, 2.45) is 118 Å². The van der Waals surface area contributed by atoms with Gasteiger partial charge in [0.2, 0.25) is 0 Å². The smallest absolute Gasteiger partial charge is 0.139 e. The molecule has 0 radical (unpaired) electrons. The van der Waals surface area contributed by atoms with Gasteiger partial charge in [-0.3, -0.25) is 4.79 Å². The highest BCUT2D eigenvalue weighted by Crippen LogP contribution is 2.46. The van der Waals surface area contributed by atoms with Gasteiger partial charge in [-0.05, 0) is 384 Å². The molecule has 0 spiro atoms. The fraction of sp³-hybridized carbons (Fsp3) is 0.759. The number of carbonyl (C=O) groups excluding carboxylic acids is 1. The molecule has 0 atom stereocenters. The number of rotatable bonds is 18. The van der Waals surface area contributed by atoms with Gasteiger partial charge in [-0.25, -0.2) is 0 Å². The van der Waals surface area contributed by atoms with Crippen LogP contribution in [0.4, 0.5) is 0 Å². The Hall–Kier alpha value is -2.93. The van der Waals surface area contributed by atoms with Crippen molar-refractivity contribution in [2.75, 3.05) is 0 Å². The molecule has 10 saturated carbocycles. The first kappa shape index (κ1) is 75.8. The minimum Gasteiger partial charge on any atom is -0.299 e. The number of hydrogen-bond donors (Lipinski definition) is 0. The summed E-state index contributed by atoms with van der Waals surface area (Å²) in [6.45, 7) is 33.9. The molecule has 88 heavy (non-hydrogen) atoms. The van der Waals surface area contributed by atoms with E-state index in [4.69, 9.17) is 0 Å². The molecule has 0 heterocycles. The second-order valence-electron chi connectivity index (χ2n) is 31.0. The summed E-state index contributed by atoms with van der Waals surface area (Å²) in [6.07, 6.45) is 87.3. The predicted molar refractivity (Wildman–Crippen MR) is 412 cm³/mol. The van der Waals surface area contributed by atoms with Gasteiger partial charge < -0.3 is 0 Å². The van der Waals surface area contributed by atoms with E-state index in [9.17, 15) is 4.79 Å². The van der Waals surface area contributed by atoms with E-state index in [2.05, 4.69) is 146 Å². The average molecular weight is 1230 g/mol. The molecule has 0 bridgehead atoms. The van der Waals surface area contributed by atoms with E-state index < -0.39 is 0 Å². The van der Waals surface area contributed by atoms with Crippen LogP contribution >= 0.6 is 0 Å². The van der Waals surface area contributed by atoms with Crippen LogP contribution in [0.3, 0.4) is 0 Å². The van der Waals surface area contributed by atoms with Crippen LogP contribution in [0.15, 0.2) is 125 Å². The molecule has 0 aromatic heterocycles. The predicted octanol–water partition coefficient (Wildman–Crippen LogP) is 29.5. The molecule has 0 unspecified atom stereocenters. The van der Waals surface area contributed by atoms with E-state index in [1.165, 1.54) is 244 Å². The van der Waals surface area contributed by atoms with Gasteiger partial charge in [0.05, 0.1) is 0 Å². The van der Waals surface area contributed by atoms with Crippen molar-refractivity contribution >= 4 is 5.78 Å². The Morgan fingerprint density at radius 3 is 0.591 bits per heavy atom. The van der Waals surface area contributed by atoms with Gasteiger partial charge in [0.15, 0.2) is 0 Å². The SMILES string of the molecule is C.C/C=C/C1CCC(C2CCC(/C=C/C)CC2)CC1.C=CC1CCC(C(=O)C2CCC(C=C)CC2)CC1.C=CC1CCC(C2CCC(/C=C/C)CC2)CC1.C=CC1CCC(C2CCC(C=C)CC2)CC1.C=CC1CCC(CCC2CCC(C=C)CC2)CC1.[HH].[HH].[HH].[HH].[HH].[HH].[HH].[HH].[HH].[HH]. The van der Waals surface area contributed by atoms with E-state index >= 15 is 0 Å². The third-order valence-electron chi connectivity index (χ3n) is 25.7. The first-order chi connectivity index (χ1) is 42.5. The minimum atomic E-state index is 0.